The maximum absolute atomic E-state index is 12.3. The quantitative estimate of drug-likeness (QED) is 0.276. The van der Waals surface area contributed by atoms with E-state index in [4.69, 9.17) is 4.74 Å². The Morgan fingerprint density at radius 2 is 1.96 bits per heavy atom. The minimum absolute atomic E-state index is 0.0421. The molecule has 0 bridgehead atoms. The van der Waals surface area contributed by atoms with E-state index in [1.165, 1.54) is 18.2 Å². The number of aromatic nitrogens is 2. The number of nitro groups is 1. The SMILES string of the molecule is Cn1ccnc1COc1ccc(C(=O)/C=C/c2ccccc2[N+](=O)[O-])cc1. The average molecular weight is 363 g/mol. The lowest BCUT2D eigenvalue weighted by Gasteiger charge is -2.06. The molecule has 1 heterocycles. The van der Waals surface area contributed by atoms with E-state index in [1.54, 1.807) is 48.7 Å². The van der Waals surface area contributed by atoms with Gasteiger partial charge in [0.1, 0.15) is 18.2 Å². The number of carbonyl (C=O) groups excluding carboxylic acids is 1. The molecule has 2 aromatic carbocycles. The van der Waals surface area contributed by atoms with Gasteiger partial charge in [-0.2, -0.15) is 0 Å². The van der Waals surface area contributed by atoms with Crippen LogP contribution >= 0.6 is 0 Å². The summed E-state index contributed by atoms with van der Waals surface area (Å²) in [6, 6.07) is 13.0. The number of hydrogen-bond acceptors (Lipinski definition) is 5. The molecule has 0 N–H and O–H groups in total. The smallest absolute Gasteiger partial charge is 0.276 e. The van der Waals surface area contributed by atoms with Crippen molar-refractivity contribution in [2.45, 2.75) is 6.61 Å². The minimum atomic E-state index is -0.474. The predicted molar refractivity (Wildman–Crippen MR) is 100 cm³/mol. The Balaban J connectivity index is 1.65. The Bertz CT molecular complexity index is 990. The van der Waals surface area contributed by atoms with Crippen molar-refractivity contribution in [3.63, 3.8) is 0 Å². The number of nitrogens with zero attached hydrogens (tertiary/aromatic N) is 3. The van der Waals surface area contributed by atoms with Gasteiger partial charge in [0, 0.05) is 31.1 Å². The van der Waals surface area contributed by atoms with Gasteiger partial charge in [-0.25, -0.2) is 4.98 Å². The van der Waals surface area contributed by atoms with Crippen LogP contribution in [-0.2, 0) is 13.7 Å². The van der Waals surface area contributed by atoms with Crippen LogP contribution in [0.2, 0.25) is 0 Å². The van der Waals surface area contributed by atoms with Crippen LogP contribution in [0.25, 0.3) is 6.08 Å². The molecular weight excluding hydrogens is 346 g/mol. The molecule has 0 atom stereocenters. The van der Waals surface area contributed by atoms with Crippen molar-refractivity contribution in [2.24, 2.45) is 7.05 Å². The lowest BCUT2D eigenvalue weighted by atomic mass is 10.1. The first-order valence-electron chi connectivity index (χ1n) is 8.19. The molecule has 0 fully saturated rings. The first-order valence-corrected chi connectivity index (χ1v) is 8.19. The Morgan fingerprint density at radius 3 is 2.63 bits per heavy atom. The third-order valence-corrected chi connectivity index (χ3v) is 3.98. The Hall–Kier alpha value is -3.74. The lowest BCUT2D eigenvalue weighted by molar-refractivity contribution is -0.385. The second kappa shape index (κ2) is 8.09. The summed E-state index contributed by atoms with van der Waals surface area (Å²) in [7, 11) is 1.89. The first kappa shape index (κ1) is 18.1. The number of ether oxygens (including phenoxy) is 1. The summed E-state index contributed by atoms with van der Waals surface area (Å²) < 4.78 is 7.52. The van der Waals surface area contributed by atoms with E-state index in [2.05, 4.69) is 4.98 Å². The van der Waals surface area contributed by atoms with Gasteiger partial charge in [-0.05, 0) is 42.5 Å². The molecular formula is C20H17N3O4. The number of hydrogen-bond donors (Lipinski definition) is 0. The van der Waals surface area contributed by atoms with Gasteiger partial charge in [0.05, 0.1) is 10.5 Å². The number of benzene rings is 2. The van der Waals surface area contributed by atoms with Crippen molar-refractivity contribution < 1.29 is 14.5 Å². The molecule has 0 spiro atoms. The van der Waals surface area contributed by atoms with Gasteiger partial charge in [0.2, 0.25) is 0 Å². The lowest BCUT2D eigenvalue weighted by Crippen LogP contribution is -2.03. The van der Waals surface area contributed by atoms with Crippen LogP contribution in [0.1, 0.15) is 21.7 Å². The van der Waals surface area contributed by atoms with E-state index >= 15 is 0 Å². The van der Waals surface area contributed by atoms with E-state index in [0.29, 0.717) is 23.5 Å². The zero-order chi connectivity index (χ0) is 19.2. The monoisotopic (exact) mass is 363 g/mol. The number of rotatable bonds is 7. The molecule has 0 saturated heterocycles. The molecule has 3 rings (SSSR count). The largest absolute Gasteiger partial charge is 0.486 e. The van der Waals surface area contributed by atoms with E-state index < -0.39 is 4.92 Å². The fraction of sp³-hybridized carbons (Fsp3) is 0.100. The fourth-order valence-electron chi connectivity index (χ4n) is 2.46. The van der Waals surface area contributed by atoms with Gasteiger partial charge >= 0.3 is 0 Å². The molecule has 0 radical (unpaired) electrons. The number of para-hydroxylation sites is 1. The third-order valence-electron chi connectivity index (χ3n) is 3.98. The van der Waals surface area contributed by atoms with Crippen LogP contribution < -0.4 is 4.74 Å². The van der Waals surface area contributed by atoms with Gasteiger partial charge in [-0.3, -0.25) is 14.9 Å². The summed E-state index contributed by atoms with van der Waals surface area (Å²) in [6.07, 6.45) is 6.31. The second-order valence-corrected chi connectivity index (χ2v) is 5.78. The number of nitro benzene ring substituents is 1. The summed E-state index contributed by atoms with van der Waals surface area (Å²) in [5.74, 6) is 1.17. The van der Waals surface area contributed by atoms with Crippen LogP contribution in [0.4, 0.5) is 5.69 Å². The minimum Gasteiger partial charge on any atom is -0.486 e. The molecule has 1 aromatic heterocycles. The molecule has 0 amide bonds. The molecule has 0 aliphatic rings. The number of allylic oxidation sites excluding steroid dienone is 1. The number of aryl methyl sites for hydroxylation is 1. The predicted octanol–water partition coefficient (Wildman–Crippen LogP) is 3.80. The fourth-order valence-corrected chi connectivity index (χ4v) is 2.46. The molecule has 0 unspecified atom stereocenters. The summed E-state index contributed by atoms with van der Waals surface area (Å²) >= 11 is 0. The Kier molecular flexibility index (Phi) is 5.41. The van der Waals surface area contributed by atoms with E-state index in [9.17, 15) is 14.9 Å². The van der Waals surface area contributed by atoms with E-state index in [0.717, 1.165) is 5.82 Å². The highest BCUT2D eigenvalue weighted by atomic mass is 16.6. The zero-order valence-corrected chi connectivity index (χ0v) is 14.6. The van der Waals surface area contributed by atoms with Crippen LogP contribution in [0, 0.1) is 10.1 Å². The average Bonchev–Trinajstić information content (AvgIpc) is 3.10. The normalized spacial score (nSPS) is 10.9. The highest BCUT2D eigenvalue weighted by Crippen LogP contribution is 2.20. The number of carbonyl (C=O) groups is 1. The van der Waals surface area contributed by atoms with Crippen molar-refractivity contribution in [1.29, 1.82) is 0 Å². The number of imidazole rings is 1. The summed E-state index contributed by atoms with van der Waals surface area (Å²) in [5.41, 5.74) is 0.805. The van der Waals surface area contributed by atoms with Crippen LogP contribution in [-0.4, -0.2) is 20.3 Å². The maximum Gasteiger partial charge on any atom is 0.276 e. The molecule has 7 nitrogen and oxygen atoms in total. The highest BCUT2D eigenvalue weighted by molar-refractivity contribution is 6.07. The summed E-state index contributed by atoms with van der Waals surface area (Å²) in [6.45, 7) is 0.328. The Labute approximate surface area is 155 Å². The molecule has 136 valence electrons. The van der Waals surface area contributed by atoms with Gasteiger partial charge in [0.15, 0.2) is 5.78 Å². The molecule has 27 heavy (non-hydrogen) atoms. The number of ketones is 1. The van der Waals surface area contributed by atoms with Crippen molar-refractivity contribution in [1.82, 2.24) is 9.55 Å². The molecule has 0 aliphatic carbocycles. The van der Waals surface area contributed by atoms with Crippen molar-refractivity contribution >= 4 is 17.5 Å². The maximum atomic E-state index is 12.3. The molecule has 0 saturated carbocycles. The summed E-state index contributed by atoms with van der Waals surface area (Å²) in [4.78, 5) is 27.0. The van der Waals surface area contributed by atoms with Crippen LogP contribution in [0.15, 0.2) is 67.0 Å². The van der Waals surface area contributed by atoms with Gasteiger partial charge in [-0.1, -0.05) is 12.1 Å². The van der Waals surface area contributed by atoms with Crippen molar-refractivity contribution in [3.05, 3.63) is 94.1 Å². The first-order chi connectivity index (χ1) is 13.0. The van der Waals surface area contributed by atoms with Gasteiger partial charge in [-0.15, -0.1) is 0 Å². The Morgan fingerprint density at radius 1 is 1.22 bits per heavy atom. The molecule has 3 aromatic rings. The van der Waals surface area contributed by atoms with E-state index in [-0.39, 0.29) is 11.5 Å². The highest BCUT2D eigenvalue weighted by Gasteiger charge is 2.10. The molecule has 0 aliphatic heterocycles. The third kappa shape index (κ3) is 4.46. The molecule has 7 heteroatoms. The standard InChI is InChI=1S/C20H17N3O4/c1-22-13-12-21-20(22)14-27-17-9-6-16(7-10-17)19(24)11-8-15-4-2-3-5-18(15)23(25)26/h2-13H,14H2,1H3/b11-8+. The van der Waals surface area contributed by atoms with Crippen LogP contribution in [0.3, 0.4) is 0 Å². The van der Waals surface area contributed by atoms with Crippen LogP contribution in [0.5, 0.6) is 5.75 Å². The van der Waals surface area contributed by atoms with Gasteiger partial charge in [0.25, 0.3) is 5.69 Å². The van der Waals surface area contributed by atoms with E-state index in [1.807, 2.05) is 17.8 Å². The zero-order valence-electron chi connectivity index (χ0n) is 14.6. The topological polar surface area (TPSA) is 87.3 Å². The van der Waals surface area contributed by atoms with Crippen molar-refractivity contribution in [3.8, 4) is 5.75 Å². The summed E-state index contributed by atoms with van der Waals surface area (Å²) in [5, 5.41) is 11.0. The van der Waals surface area contributed by atoms with Crippen molar-refractivity contribution in [2.75, 3.05) is 0 Å². The van der Waals surface area contributed by atoms with Gasteiger partial charge < -0.3 is 9.30 Å². The second-order valence-electron chi connectivity index (χ2n) is 5.78.